The van der Waals surface area contributed by atoms with Crippen molar-refractivity contribution < 1.29 is 9.90 Å². The van der Waals surface area contributed by atoms with Crippen molar-refractivity contribution in [1.82, 2.24) is 9.55 Å². The van der Waals surface area contributed by atoms with Gasteiger partial charge in [-0.2, -0.15) is 0 Å². The van der Waals surface area contributed by atoms with E-state index in [-0.39, 0.29) is 6.42 Å². The highest BCUT2D eigenvalue weighted by Crippen LogP contribution is 2.07. The number of aromatic nitrogens is 2. The molecule has 1 N–H and O–H groups in total. The van der Waals surface area contributed by atoms with Gasteiger partial charge in [-0.3, -0.25) is 4.79 Å². The first-order valence-electron chi connectivity index (χ1n) is 5.91. The van der Waals surface area contributed by atoms with Crippen molar-refractivity contribution in [1.29, 1.82) is 0 Å². The molecule has 0 aliphatic heterocycles. The number of rotatable bonds is 5. The molecular formula is C14H16N2O2. The zero-order chi connectivity index (χ0) is 13.0. The van der Waals surface area contributed by atoms with Gasteiger partial charge in [0.1, 0.15) is 0 Å². The van der Waals surface area contributed by atoms with E-state index < -0.39 is 5.97 Å². The Bertz CT molecular complexity index is 529. The lowest BCUT2D eigenvalue weighted by Crippen LogP contribution is -1.98. The van der Waals surface area contributed by atoms with Gasteiger partial charge in [-0.25, -0.2) is 4.98 Å². The van der Waals surface area contributed by atoms with Crippen LogP contribution in [0, 0.1) is 6.92 Å². The highest BCUT2D eigenvalue weighted by Gasteiger charge is 2.03. The van der Waals surface area contributed by atoms with Gasteiger partial charge >= 0.3 is 5.97 Å². The number of carboxylic acids is 1. The highest BCUT2D eigenvalue weighted by molar-refractivity contribution is 5.66. The summed E-state index contributed by atoms with van der Waals surface area (Å²) in [7, 11) is 0. The van der Waals surface area contributed by atoms with Gasteiger partial charge in [0.15, 0.2) is 0 Å². The minimum absolute atomic E-state index is 0.127. The van der Waals surface area contributed by atoms with Crippen LogP contribution >= 0.6 is 0 Å². The number of imidazole rings is 1. The van der Waals surface area contributed by atoms with Crippen molar-refractivity contribution in [3.63, 3.8) is 0 Å². The predicted octanol–water partition coefficient (Wildman–Crippen LogP) is 2.26. The number of carbonyl (C=O) groups is 1. The van der Waals surface area contributed by atoms with Crippen molar-refractivity contribution in [3.05, 3.63) is 53.6 Å². The minimum atomic E-state index is -0.789. The summed E-state index contributed by atoms with van der Waals surface area (Å²) >= 11 is 0. The Morgan fingerprint density at radius 2 is 2.06 bits per heavy atom. The molecule has 1 aromatic carbocycles. The van der Waals surface area contributed by atoms with Crippen LogP contribution < -0.4 is 0 Å². The number of aryl methyl sites for hydroxylation is 2. The predicted molar refractivity (Wildman–Crippen MR) is 68.5 cm³/mol. The van der Waals surface area contributed by atoms with Crippen molar-refractivity contribution in [2.75, 3.05) is 0 Å². The normalized spacial score (nSPS) is 10.5. The van der Waals surface area contributed by atoms with Gasteiger partial charge in [0.2, 0.25) is 0 Å². The SMILES string of the molecule is Cc1ccc(Cn2cnc(CCC(=O)O)c2)cc1. The maximum absolute atomic E-state index is 10.5. The summed E-state index contributed by atoms with van der Waals surface area (Å²) in [5.74, 6) is -0.789. The van der Waals surface area contributed by atoms with Crippen LogP contribution in [0.4, 0.5) is 0 Å². The highest BCUT2D eigenvalue weighted by atomic mass is 16.4. The molecule has 2 rings (SSSR count). The molecule has 0 aliphatic carbocycles. The molecule has 1 heterocycles. The number of benzene rings is 1. The topological polar surface area (TPSA) is 55.1 Å². The van der Waals surface area contributed by atoms with Crippen molar-refractivity contribution in [2.45, 2.75) is 26.3 Å². The van der Waals surface area contributed by atoms with Crippen LogP contribution in [0.25, 0.3) is 0 Å². The van der Waals surface area contributed by atoms with Gasteiger partial charge in [-0.15, -0.1) is 0 Å². The Morgan fingerprint density at radius 1 is 1.33 bits per heavy atom. The third kappa shape index (κ3) is 3.45. The third-order valence-corrected chi connectivity index (χ3v) is 2.77. The van der Waals surface area contributed by atoms with Crippen LogP contribution in [0.2, 0.25) is 0 Å². The Labute approximate surface area is 106 Å². The average molecular weight is 244 g/mol. The van der Waals surface area contributed by atoms with Crippen LogP contribution in [-0.2, 0) is 17.8 Å². The number of carboxylic acid groups (broad SMARTS) is 1. The van der Waals surface area contributed by atoms with Gasteiger partial charge in [-0.05, 0) is 12.5 Å². The van der Waals surface area contributed by atoms with Crippen LogP contribution in [0.1, 0.15) is 23.2 Å². The average Bonchev–Trinajstić information content (AvgIpc) is 2.77. The molecule has 94 valence electrons. The van der Waals surface area contributed by atoms with Gasteiger partial charge in [0.05, 0.1) is 18.4 Å². The van der Waals surface area contributed by atoms with E-state index in [9.17, 15) is 4.79 Å². The summed E-state index contributed by atoms with van der Waals surface area (Å²) in [4.78, 5) is 14.7. The smallest absolute Gasteiger partial charge is 0.303 e. The maximum atomic E-state index is 10.5. The van der Waals surface area contributed by atoms with Crippen molar-refractivity contribution >= 4 is 5.97 Å². The first-order chi connectivity index (χ1) is 8.63. The first kappa shape index (κ1) is 12.4. The van der Waals surface area contributed by atoms with E-state index in [4.69, 9.17) is 5.11 Å². The number of hydrogen-bond donors (Lipinski definition) is 1. The Hall–Kier alpha value is -2.10. The lowest BCUT2D eigenvalue weighted by Gasteiger charge is -2.02. The largest absolute Gasteiger partial charge is 0.481 e. The van der Waals surface area contributed by atoms with E-state index in [2.05, 4.69) is 36.2 Å². The molecule has 0 radical (unpaired) electrons. The molecule has 2 aromatic rings. The Morgan fingerprint density at radius 3 is 2.72 bits per heavy atom. The van der Waals surface area contributed by atoms with Crippen molar-refractivity contribution in [3.8, 4) is 0 Å². The third-order valence-electron chi connectivity index (χ3n) is 2.77. The summed E-state index contributed by atoms with van der Waals surface area (Å²) in [5.41, 5.74) is 3.28. The van der Waals surface area contributed by atoms with Gasteiger partial charge in [0, 0.05) is 19.2 Å². The fourth-order valence-corrected chi connectivity index (χ4v) is 1.76. The molecule has 0 amide bonds. The molecule has 1 aromatic heterocycles. The van der Waals surface area contributed by atoms with Crippen LogP contribution in [0.5, 0.6) is 0 Å². The minimum Gasteiger partial charge on any atom is -0.481 e. The quantitative estimate of drug-likeness (QED) is 0.877. The maximum Gasteiger partial charge on any atom is 0.303 e. The summed E-state index contributed by atoms with van der Waals surface area (Å²) < 4.78 is 1.97. The molecule has 0 saturated heterocycles. The van der Waals surface area contributed by atoms with E-state index in [0.29, 0.717) is 6.42 Å². The Kier molecular flexibility index (Phi) is 3.77. The molecule has 18 heavy (non-hydrogen) atoms. The molecule has 0 fully saturated rings. The summed E-state index contributed by atoms with van der Waals surface area (Å²) in [6.07, 6.45) is 4.26. The molecule has 0 atom stereocenters. The van der Waals surface area contributed by atoms with Crippen LogP contribution in [0.3, 0.4) is 0 Å². The number of nitrogens with zero attached hydrogens (tertiary/aromatic N) is 2. The second-order valence-electron chi connectivity index (χ2n) is 4.42. The molecule has 0 aliphatic rings. The molecular weight excluding hydrogens is 228 g/mol. The number of hydrogen-bond acceptors (Lipinski definition) is 2. The van der Waals surface area contributed by atoms with E-state index in [1.807, 2.05) is 10.8 Å². The standard InChI is InChI=1S/C14H16N2O2/c1-11-2-4-12(5-3-11)8-16-9-13(15-10-16)6-7-14(17)18/h2-5,9-10H,6-8H2,1H3,(H,17,18). The second-order valence-corrected chi connectivity index (χ2v) is 4.42. The van der Waals surface area contributed by atoms with Gasteiger partial charge in [0.25, 0.3) is 0 Å². The van der Waals surface area contributed by atoms with E-state index in [1.54, 1.807) is 6.33 Å². The second kappa shape index (κ2) is 5.49. The summed E-state index contributed by atoms with van der Waals surface area (Å²) in [6, 6.07) is 8.34. The fourth-order valence-electron chi connectivity index (χ4n) is 1.76. The fraction of sp³-hybridized carbons (Fsp3) is 0.286. The number of aliphatic carboxylic acids is 1. The summed E-state index contributed by atoms with van der Waals surface area (Å²) in [6.45, 7) is 2.82. The van der Waals surface area contributed by atoms with Crippen LogP contribution in [0.15, 0.2) is 36.8 Å². The zero-order valence-corrected chi connectivity index (χ0v) is 10.3. The van der Waals surface area contributed by atoms with E-state index in [1.165, 1.54) is 11.1 Å². The lowest BCUT2D eigenvalue weighted by molar-refractivity contribution is -0.136. The van der Waals surface area contributed by atoms with Crippen molar-refractivity contribution in [2.24, 2.45) is 0 Å². The molecule has 0 unspecified atom stereocenters. The van der Waals surface area contributed by atoms with E-state index >= 15 is 0 Å². The summed E-state index contributed by atoms with van der Waals surface area (Å²) in [5, 5.41) is 8.61. The first-order valence-corrected chi connectivity index (χ1v) is 5.91. The Balaban J connectivity index is 1.97. The van der Waals surface area contributed by atoms with Gasteiger partial charge < -0.3 is 9.67 Å². The molecule has 4 heteroatoms. The molecule has 4 nitrogen and oxygen atoms in total. The zero-order valence-electron chi connectivity index (χ0n) is 10.3. The molecule has 0 bridgehead atoms. The monoisotopic (exact) mass is 244 g/mol. The molecule has 0 saturated carbocycles. The lowest BCUT2D eigenvalue weighted by atomic mass is 10.1. The van der Waals surface area contributed by atoms with Gasteiger partial charge in [-0.1, -0.05) is 29.8 Å². The van der Waals surface area contributed by atoms with Crippen LogP contribution in [-0.4, -0.2) is 20.6 Å². The molecule has 0 spiro atoms. The van der Waals surface area contributed by atoms with E-state index in [0.717, 1.165) is 12.2 Å².